The van der Waals surface area contributed by atoms with Gasteiger partial charge in [-0.2, -0.15) is 11.8 Å². The molecule has 0 radical (unpaired) electrons. The average Bonchev–Trinajstić information content (AvgIpc) is 3.27. The van der Waals surface area contributed by atoms with Gasteiger partial charge in [0.2, 0.25) is 0 Å². The van der Waals surface area contributed by atoms with E-state index < -0.39 is 17.6 Å². The van der Waals surface area contributed by atoms with E-state index in [1.807, 2.05) is 18.4 Å². The van der Waals surface area contributed by atoms with Crippen LogP contribution in [-0.2, 0) is 34.9 Å². The SMILES string of the molecule is CCOC(=O)Cc1ccc(F)cc1OCc1cc(-c2ccnc(CN)c2F)c2oc(CSC)cc2c1. The van der Waals surface area contributed by atoms with Crippen molar-refractivity contribution in [2.75, 3.05) is 12.9 Å². The highest BCUT2D eigenvalue weighted by Gasteiger charge is 2.18. The molecule has 36 heavy (non-hydrogen) atoms. The maximum Gasteiger partial charge on any atom is 0.310 e. The van der Waals surface area contributed by atoms with E-state index in [0.29, 0.717) is 33.6 Å². The summed E-state index contributed by atoms with van der Waals surface area (Å²) >= 11 is 1.61. The molecular weight excluding hydrogens is 486 g/mol. The van der Waals surface area contributed by atoms with Crippen molar-refractivity contribution in [2.45, 2.75) is 32.2 Å². The first-order chi connectivity index (χ1) is 17.4. The van der Waals surface area contributed by atoms with E-state index in [1.165, 1.54) is 24.4 Å². The predicted octanol–water partition coefficient (Wildman–Crippen LogP) is 5.78. The second-order valence-electron chi connectivity index (χ2n) is 8.05. The van der Waals surface area contributed by atoms with E-state index in [4.69, 9.17) is 19.6 Å². The molecular formula is C27H26F2N2O4S. The van der Waals surface area contributed by atoms with E-state index in [9.17, 15) is 9.18 Å². The highest BCUT2D eigenvalue weighted by atomic mass is 32.2. The maximum atomic E-state index is 15.2. The summed E-state index contributed by atoms with van der Waals surface area (Å²) in [4.78, 5) is 16.0. The highest BCUT2D eigenvalue weighted by Crippen LogP contribution is 2.35. The van der Waals surface area contributed by atoms with Gasteiger partial charge in [-0.05, 0) is 49.1 Å². The summed E-state index contributed by atoms with van der Waals surface area (Å²) in [6.07, 6.45) is 3.43. The zero-order valence-electron chi connectivity index (χ0n) is 20.0. The quantitative estimate of drug-likeness (QED) is 0.270. The number of nitrogens with two attached hydrogens (primary N) is 1. The molecule has 0 atom stereocenters. The van der Waals surface area contributed by atoms with Crippen molar-refractivity contribution >= 4 is 28.7 Å². The molecule has 4 rings (SSSR count). The van der Waals surface area contributed by atoms with Crippen LogP contribution in [0.1, 0.15) is 29.5 Å². The van der Waals surface area contributed by atoms with Crippen LogP contribution in [0.5, 0.6) is 5.75 Å². The van der Waals surface area contributed by atoms with Crippen LogP contribution in [0, 0.1) is 11.6 Å². The number of benzene rings is 2. The molecule has 6 nitrogen and oxygen atoms in total. The minimum Gasteiger partial charge on any atom is -0.488 e. The summed E-state index contributed by atoms with van der Waals surface area (Å²) in [5.74, 6) is 0.226. The monoisotopic (exact) mass is 512 g/mol. The topological polar surface area (TPSA) is 87.6 Å². The fourth-order valence-electron chi connectivity index (χ4n) is 3.94. The van der Waals surface area contributed by atoms with Crippen LogP contribution < -0.4 is 10.5 Å². The van der Waals surface area contributed by atoms with E-state index in [0.717, 1.165) is 11.1 Å². The lowest BCUT2D eigenvalue weighted by molar-refractivity contribution is -0.142. The average molecular weight is 513 g/mol. The van der Waals surface area contributed by atoms with Crippen molar-refractivity contribution in [2.24, 2.45) is 5.73 Å². The van der Waals surface area contributed by atoms with Gasteiger partial charge in [-0.25, -0.2) is 8.78 Å². The van der Waals surface area contributed by atoms with Gasteiger partial charge in [0.05, 0.1) is 24.5 Å². The number of hydrogen-bond acceptors (Lipinski definition) is 7. The zero-order chi connectivity index (χ0) is 25.7. The van der Waals surface area contributed by atoms with Gasteiger partial charge >= 0.3 is 5.97 Å². The minimum absolute atomic E-state index is 0.0374. The Kier molecular flexibility index (Phi) is 8.22. The Hall–Kier alpha value is -3.43. The lowest BCUT2D eigenvalue weighted by Gasteiger charge is -2.13. The molecule has 0 bridgehead atoms. The van der Waals surface area contributed by atoms with Gasteiger partial charge in [0.1, 0.15) is 29.5 Å². The Morgan fingerprint density at radius 1 is 1.14 bits per heavy atom. The molecule has 0 fully saturated rings. The lowest BCUT2D eigenvalue weighted by Crippen LogP contribution is -2.09. The fraction of sp³-hybridized carbons (Fsp3) is 0.259. The van der Waals surface area contributed by atoms with E-state index >= 15 is 4.39 Å². The molecule has 0 aliphatic rings. The molecule has 9 heteroatoms. The number of fused-ring (bicyclic) bond motifs is 1. The Labute approximate surface area is 211 Å². The number of esters is 1. The number of halogens is 2. The second-order valence-corrected chi connectivity index (χ2v) is 8.92. The molecule has 0 aliphatic heterocycles. The predicted molar refractivity (Wildman–Crippen MR) is 136 cm³/mol. The van der Waals surface area contributed by atoms with Crippen LogP contribution in [0.2, 0.25) is 0 Å². The van der Waals surface area contributed by atoms with Gasteiger partial charge in [-0.15, -0.1) is 0 Å². The Morgan fingerprint density at radius 3 is 2.72 bits per heavy atom. The van der Waals surface area contributed by atoms with E-state index in [2.05, 4.69) is 4.98 Å². The first-order valence-corrected chi connectivity index (χ1v) is 12.8. The number of rotatable bonds is 10. The minimum atomic E-state index is -0.510. The summed E-state index contributed by atoms with van der Waals surface area (Å²) in [7, 11) is 0. The van der Waals surface area contributed by atoms with Crippen LogP contribution in [-0.4, -0.2) is 23.8 Å². The molecule has 2 N–H and O–H groups in total. The number of furan rings is 1. The molecule has 0 saturated carbocycles. The van der Waals surface area contributed by atoms with Gasteiger partial charge in [-0.1, -0.05) is 6.07 Å². The van der Waals surface area contributed by atoms with Gasteiger partial charge in [0.15, 0.2) is 5.82 Å². The third-order valence-electron chi connectivity index (χ3n) is 5.52. The van der Waals surface area contributed by atoms with Gasteiger partial charge in [0, 0.05) is 40.9 Å². The number of pyridine rings is 1. The van der Waals surface area contributed by atoms with Crippen molar-refractivity contribution in [1.29, 1.82) is 0 Å². The number of carbonyl (C=O) groups is 1. The molecule has 0 unspecified atom stereocenters. The first-order valence-electron chi connectivity index (χ1n) is 11.4. The Bertz CT molecular complexity index is 1390. The van der Waals surface area contributed by atoms with Crippen LogP contribution in [0.15, 0.2) is 53.1 Å². The van der Waals surface area contributed by atoms with Crippen molar-refractivity contribution in [3.05, 3.63) is 82.9 Å². The van der Waals surface area contributed by atoms with Gasteiger partial charge < -0.3 is 19.6 Å². The van der Waals surface area contributed by atoms with E-state index in [-0.39, 0.29) is 37.6 Å². The zero-order valence-corrected chi connectivity index (χ0v) is 20.8. The van der Waals surface area contributed by atoms with Crippen LogP contribution >= 0.6 is 11.8 Å². The molecule has 0 spiro atoms. The summed E-state index contributed by atoms with van der Waals surface area (Å²) in [6.45, 7) is 1.99. The number of thioether (sulfide) groups is 1. The van der Waals surface area contributed by atoms with Crippen LogP contribution in [0.25, 0.3) is 22.1 Å². The van der Waals surface area contributed by atoms with Crippen molar-refractivity contribution < 1.29 is 27.5 Å². The van der Waals surface area contributed by atoms with Gasteiger partial charge in [-0.3, -0.25) is 9.78 Å². The summed E-state index contributed by atoms with van der Waals surface area (Å²) < 4.78 is 46.2. The van der Waals surface area contributed by atoms with Crippen LogP contribution in [0.4, 0.5) is 8.78 Å². The fourth-order valence-corrected chi connectivity index (χ4v) is 4.37. The first kappa shape index (κ1) is 25.7. The lowest BCUT2D eigenvalue weighted by atomic mass is 10.00. The Morgan fingerprint density at radius 2 is 1.97 bits per heavy atom. The molecule has 2 aromatic carbocycles. The molecule has 0 saturated heterocycles. The summed E-state index contributed by atoms with van der Waals surface area (Å²) in [6, 6.07) is 11.2. The second kappa shape index (κ2) is 11.5. The smallest absolute Gasteiger partial charge is 0.310 e. The Balaban J connectivity index is 1.72. The standard InChI is InChI=1S/C27H26F2N2O4S/c1-3-33-25(32)11-17-4-5-19(28)12-24(17)34-14-16-8-18-10-20(15-36-2)35-27(18)22(9-16)21-6-7-31-23(13-30)26(21)29/h4-10,12H,3,11,13-15,30H2,1-2H3. The largest absolute Gasteiger partial charge is 0.488 e. The normalized spacial score (nSPS) is 11.1. The third-order valence-corrected chi connectivity index (χ3v) is 6.10. The maximum absolute atomic E-state index is 15.2. The number of hydrogen-bond donors (Lipinski definition) is 1. The molecule has 0 aliphatic carbocycles. The molecule has 2 aromatic heterocycles. The number of ether oxygens (including phenoxy) is 2. The van der Waals surface area contributed by atoms with Gasteiger partial charge in [0.25, 0.3) is 0 Å². The van der Waals surface area contributed by atoms with Crippen molar-refractivity contribution in [3.63, 3.8) is 0 Å². The molecule has 0 amide bonds. The third kappa shape index (κ3) is 5.68. The summed E-state index contributed by atoms with van der Waals surface area (Å²) in [5.41, 5.74) is 8.44. The van der Waals surface area contributed by atoms with Crippen LogP contribution in [0.3, 0.4) is 0 Å². The molecule has 4 aromatic rings. The number of carbonyl (C=O) groups excluding carboxylic acids is 1. The van der Waals surface area contributed by atoms with Crippen molar-refractivity contribution in [1.82, 2.24) is 4.98 Å². The number of nitrogens with zero attached hydrogens (tertiary/aromatic N) is 1. The highest BCUT2D eigenvalue weighted by molar-refractivity contribution is 7.97. The van der Waals surface area contributed by atoms with Crippen molar-refractivity contribution in [3.8, 4) is 16.9 Å². The molecule has 2 heterocycles. The number of aromatic nitrogens is 1. The summed E-state index contributed by atoms with van der Waals surface area (Å²) in [5, 5.41) is 0.784. The molecule has 188 valence electrons. The van der Waals surface area contributed by atoms with E-state index in [1.54, 1.807) is 30.8 Å².